The lowest BCUT2D eigenvalue weighted by Crippen LogP contribution is -2.48. The predicted molar refractivity (Wildman–Crippen MR) is 252 cm³/mol. The Bertz CT molecular complexity index is 2650. The van der Waals surface area contributed by atoms with Crippen LogP contribution >= 0.6 is 23.4 Å². The smallest absolute Gasteiger partial charge is 0.395 e. The van der Waals surface area contributed by atoms with Crippen LogP contribution in [-0.4, -0.2) is 107 Å². The number of aliphatic hydroxyl groups is 2. The maximum atomic E-state index is 14.3. The Morgan fingerprint density at radius 1 is 0.864 bits per heavy atom. The van der Waals surface area contributed by atoms with Crippen molar-refractivity contribution >= 4 is 54.5 Å². The molecule has 2 fully saturated rings. The maximum Gasteiger partial charge on any atom is 0.501 e. The van der Waals surface area contributed by atoms with Gasteiger partial charge in [0, 0.05) is 46.6 Å². The number of nitrogens with zero attached hydrogens (tertiary/aromatic N) is 2. The van der Waals surface area contributed by atoms with Crippen LogP contribution in [0.1, 0.15) is 46.9 Å². The van der Waals surface area contributed by atoms with Crippen LogP contribution in [0.3, 0.4) is 0 Å². The molecule has 2 N–H and O–H groups in total. The number of carbonyl (C=O) groups excluding carboxylic acids is 1. The third-order valence-corrected chi connectivity index (χ3v) is 17.1. The molecule has 17 heteroatoms. The normalized spacial score (nSPS) is 17.7. The average molecular weight is 986 g/mol. The molecule has 0 amide bonds. The van der Waals surface area contributed by atoms with Gasteiger partial charge in [0.25, 0.3) is 9.84 Å². The van der Waals surface area contributed by atoms with E-state index in [0.717, 1.165) is 39.4 Å². The summed E-state index contributed by atoms with van der Waals surface area (Å²) in [5, 5.41) is 22.0. The Balaban J connectivity index is 1.03. The number of halogens is 4. The SMILES string of the molecule is O=C(CS(=O)(=O)c1ccc(C[C@H](CCN2CCOC[C@@H]2CO)CSc2ccccc2)c(S(=O)(=O)C(F)(F)F)c1)c1ccc(N2CCC([C@@H](O)c3ccccc3-c3ccc(Cl)cc3)CC2)cc1. The number of sulfone groups is 2. The molecule has 10 nitrogen and oxygen atoms in total. The molecular formula is C49H52ClF3N2O8S3. The number of piperidine rings is 1. The van der Waals surface area contributed by atoms with E-state index in [0.29, 0.717) is 75.5 Å². The van der Waals surface area contributed by atoms with Crippen molar-refractivity contribution in [2.24, 2.45) is 11.8 Å². The topological polar surface area (TPSA) is 142 Å². The molecule has 0 saturated carbocycles. The highest BCUT2D eigenvalue weighted by atomic mass is 35.5. The molecule has 2 heterocycles. The van der Waals surface area contributed by atoms with Gasteiger partial charge < -0.3 is 19.8 Å². The first kappa shape index (κ1) is 49.6. The van der Waals surface area contributed by atoms with Gasteiger partial charge in [0.1, 0.15) is 5.75 Å². The van der Waals surface area contributed by atoms with E-state index in [1.54, 1.807) is 12.1 Å². The standard InChI is InChI=1S/C49H52ClF3N2O8S3/c50-39-15-10-35(11-16-39)44-8-4-5-9-45(44)48(58)37-21-24-54(25-22-37)40-17-12-36(13-18-40)46(57)33-65(59,60)43-19-14-38(47(29-43)66(61,62)49(51,52)53)28-34(32-64-42-6-2-1-3-7-42)20-23-55-26-27-63-31-41(55)30-56/h1-19,29,34,37,41,48,56,58H,20-28,30-33H2/t34-,41-,48+/m0/s1. The molecule has 2 saturated heterocycles. The Morgan fingerprint density at radius 3 is 2.23 bits per heavy atom. The summed E-state index contributed by atoms with van der Waals surface area (Å²) in [5.74, 6) is -1.86. The van der Waals surface area contributed by atoms with E-state index in [9.17, 15) is 45.0 Å². The van der Waals surface area contributed by atoms with E-state index < -0.39 is 52.6 Å². The minimum atomic E-state index is -6.02. The van der Waals surface area contributed by atoms with Crippen molar-refractivity contribution in [3.63, 3.8) is 0 Å². The number of benzene rings is 5. The molecule has 0 bridgehead atoms. The van der Waals surface area contributed by atoms with Gasteiger partial charge in [0.05, 0.1) is 41.8 Å². The Hall–Kier alpha value is -4.26. The summed E-state index contributed by atoms with van der Waals surface area (Å²) >= 11 is 7.57. The molecule has 0 aromatic heterocycles. The summed E-state index contributed by atoms with van der Waals surface area (Å²) in [4.78, 5) is 16.6. The number of ketones is 1. The predicted octanol–water partition coefficient (Wildman–Crippen LogP) is 8.94. The van der Waals surface area contributed by atoms with Gasteiger partial charge in [-0.1, -0.05) is 72.3 Å². The third kappa shape index (κ3) is 12.1. The summed E-state index contributed by atoms with van der Waals surface area (Å²) in [6.45, 7) is 2.89. The molecule has 0 radical (unpaired) electrons. The van der Waals surface area contributed by atoms with Crippen molar-refractivity contribution in [3.8, 4) is 11.1 Å². The monoisotopic (exact) mass is 984 g/mol. The van der Waals surface area contributed by atoms with Crippen LogP contribution in [0.15, 0.2) is 136 Å². The number of rotatable bonds is 18. The minimum absolute atomic E-state index is 0.0117. The van der Waals surface area contributed by atoms with E-state index in [-0.39, 0.29) is 42.0 Å². The summed E-state index contributed by atoms with van der Waals surface area (Å²) < 4.78 is 102. The lowest BCUT2D eigenvalue weighted by molar-refractivity contribution is -0.0436. The second-order valence-corrected chi connectivity index (χ2v) is 22.2. The van der Waals surface area contributed by atoms with Crippen molar-refractivity contribution in [2.75, 3.05) is 62.4 Å². The fraction of sp³-hybridized carbons (Fsp3) is 0.367. The van der Waals surface area contributed by atoms with E-state index in [1.165, 1.54) is 23.9 Å². The molecule has 66 heavy (non-hydrogen) atoms. The zero-order valence-corrected chi connectivity index (χ0v) is 39.2. The Kier molecular flexibility index (Phi) is 16.4. The first-order valence-corrected chi connectivity index (χ1v) is 26.2. The van der Waals surface area contributed by atoms with Gasteiger partial charge in [-0.3, -0.25) is 9.69 Å². The highest BCUT2D eigenvalue weighted by Crippen LogP contribution is 2.39. The highest BCUT2D eigenvalue weighted by Gasteiger charge is 2.48. The van der Waals surface area contributed by atoms with Gasteiger partial charge in [0.15, 0.2) is 15.6 Å². The quantitative estimate of drug-likeness (QED) is 0.0643. The fourth-order valence-electron chi connectivity index (χ4n) is 8.63. The second kappa shape index (κ2) is 21.8. The van der Waals surface area contributed by atoms with Gasteiger partial charge >= 0.3 is 5.51 Å². The molecular weight excluding hydrogens is 933 g/mol. The van der Waals surface area contributed by atoms with Crippen LogP contribution in [0.25, 0.3) is 11.1 Å². The number of Topliss-reactive ketones (excluding diaryl/α,β-unsaturated/α-hetero) is 1. The molecule has 2 aliphatic rings. The lowest BCUT2D eigenvalue weighted by atomic mass is 9.84. The number of thioether (sulfide) groups is 1. The van der Waals surface area contributed by atoms with Crippen LogP contribution in [0.4, 0.5) is 18.9 Å². The van der Waals surface area contributed by atoms with E-state index >= 15 is 0 Å². The first-order chi connectivity index (χ1) is 31.5. The van der Waals surface area contributed by atoms with Gasteiger partial charge in [-0.05, 0) is 127 Å². The number of hydrogen-bond donors (Lipinski definition) is 2. The minimum Gasteiger partial charge on any atom is -0.395 e. The molecule has 3 atom stereocenters. The molecule has 0 aliphatic carbocycles. The van der Waals surface area contributed by atoms with Crippen LogP contribution in [-0.2, 0) is 30.8 Å². The number of hydrogen-bond acceptors (Lipinski definition) is 11. The number of alkyl halides is 3. The molecule has 7 rings (SSSR count). The van der Waals surface area contributed by atoms with Gasteiger partial charge in [-0.2, -0.15) is 13.2 Å². The van der Waals surface area contributed by atoms with Gasteiger partial charge in [0.2, 0.25) is 0 Å². The van der Waals surface area contributed by atoms with Crippen LogP contribution in [0.2, 0.25) is 5.02 Å². The van der Waals surface area contributed by atoms with E-state index in [4.69, 9.17) is 16.3 Å². The zero-order chi connectivity index (χ0) is 47.1. The van der Waals surface area contributed by atoms with Crippen molar-refractivity contribution < 1.29 is 49.8 Å². The van der Waals surface area contributed by atoms with Gasteiger partial charge in [-0.15, -0.1) is 11.8 Å². The van der Waals surface area contributed by atoms with Crippen molar-refractivity contribution in [3.05, 3.63) is 143 Å². The highest BCUT2D eigenvalue weighted by molar-refractivity contribution is 7.99. The molecule has 5 aromatic carbocycles. The third-order valence-electron chi connectivity index (χ3n) is 12.4. The number of aliphatic hydroxyl groups excluding tert-OH is 2. The zero-order valence-electron chi connectivity index (χ0n) is 36.0. The molecule has 0 unspecified atom stereocenters. The van der Waals surface area contributed by atoms with Crippen molar-refractivity contribution in [2.45, 2.75) is 58.0 Å². The first-order valence-electron chi connectivity index (χ1n) is 21.7. The summed E-state index contributed by atoms with van der Waals surface area (Å²) in [6.07, 6.45) is 1.01. The number of morpholine rings is 1. The molecule has 5 aromatic rings. The van der Waals surface area contributed by atoms with Crippen LogP contribution < -0.4 is 4.90 Å². The maximum absolute atomic E-state index is 14.3. The Morgan fingerprint density at radius 2 is 1.55 bits per heavy atom. The summed E-state index contributed by atoms with van der Waals surface area (Å²) in [6, 6.07) is 33.4. The molecule has 0 spiro atoms. The lowest BCUT2D eigenvalue weighted by Gasteiger charge is -2.36. The summed E-state index contributed by atoms with van der Waals surface area (Å²) in [5.41, 5.74) is -2.34. The van der Waals surface area contributed by atoms with Gasteiger partial charge in [-0.25, -0.2) is 16.8 Å². The average Bonchev–Trinajstić information content (AvgIpc) is 3.32. The van der Waals surface area contributed by atoms with E-state index in [1.807, 2.05) is 83.8 Å². The van der Waals surface area contributed by atoms with E-state index in [2.05, 4.69) is 4.90 Å². The second-order valence-electron chi connectivity index (χ2n) is 16.7. The van der Waals surface area contributed by atoms with Crippen molar-refractivity contribution in [1.29, 1.82) is 0 Å². The molecule has 352 valence electrons. The number of anilines is 1. The van der Waals surface area contributed by atoms with Crippen LogP contribution in [0.5, 0.6) is 0 Å². The van der Waals surface area contributed by atoms with Crippen LogP contribution in [0, 0.1) is 11.8 Å². The van der Waals surface area contributed by atoms with Crippen molar-refractivity contribution in [1.82, 2.24) is 4.90 Å². The number of carbonyl (C=O) groups is 1. The molecule has 2 aliphatic heterocycles. The largest absolute Gasteiger partial charge is 0.501 e. The fourth-order valence-corrected chi connectivity index (χ4v) is 12.2. The summed E-state index contributed by atoms with van der Waals surface area (Å²) in [7, 11) is -10.6. The Labute approximate surface area is 393 Å². The number of ether oxygens (including phenoxy) is 1.